The van der Waals surface area contributed by atoms with Crippen molar-refractivity contribution in [3.8, 4) is 10.4 Å². The maximum atomic E-state index is 14.0. The molecule has 6 rings (SSSR count). The summed E-state index contributed by atoms with van der Waals surface area (Å²) in [5.41, 5.74) is 9.83. The number of nitrogens with one attached hydrogen (secondary N) is 2. The third-order valence-electron chi connectivity index (χ3n) is 9.51. The standard InChI is InChI=1S/C36H44N6O3S/c1-5-24(13-14-26(6-2)37-35(44)31-22(3)23(4)39-40-33(31)41-18-9-10-19-41)36(45)42-20-17-25-21-30(34(43)38-27-15-16-27)46-32(25)28-11-7-8-12-29(28)42/h7-8,11-14,21-23,27,31,34,38-39,43H,1,6,9-10,15-20H2,2-4H3/b14-13-,37-26?. The van der Waals surface area contributed by atoms with Gasteiger partial charge in [0.1, 0.15) is 18.0 Å². The lowest BCUT2D eigenvalue weighted by molar-refractivity contribution is -0.121. The third kappa shape index (κ3) is 6.67. The molecule has 2 fully saturated rings. The van der Waals surface area contributed by atoms with Gasteiger partial charge in [-0.05, 0) is 81.2 Å². The fourth-order valence-electron chi connectivity index (χ4n) is 6.42. The highest BCUT2D eigenvalue weighted by atomic mass is 32.1. The van der Waals surface area contributed by atoms with Gasteiger partial charge in [-0.15, -0.1) is 17.1 Å². The van der Waals surface area contributed by atoms with Crippen molar-refractivity contribution in [1.29, 1.82) is 0 Å². The van der Waals surface area contributed by atoms with Gasteiger partial charge >= 0.3 is 0 Å². The van der Waals surface area contributed by atoms with Crippen LogP contribution in [0.4, 0.5) is 5.69 Å². The number of carbonyl (C=O) groups is 2. The van der Waals surface area contributed by atoms with Gasteiger partial charge in [0.2, 0.25) is 0 Å². The van der Waals surface area contributed by atoms with Crippen LogP contribution >= 0.6 is 11.3 Å². The van der Waals surface area contributed by atoms with Crippen molar-refractivity contribution < 1.29 is 14.7 Å². The van der Waals surface area contributed by atoms with Crippen molar-refractivity contribution in [1.82, 2.24) is 15.6 Å². The summed E-state index contributed by atoms with van der Waals surface area (Å²) in [7, 11) is 0. The second-order valence-corrected chi connectivity index (χ2v) is 13.8. The van der Waals surface area contributed by atoms with E-state index in [1.165, 1.54) is 0 Å². The Morgan fingerprint density at radius 2 is 1.98 bits per heavy atom. The molecule has 10 heteroatoms. The number of nitrogens with zero attached hydrogens (tertiary/aromatic N) is 4. The van der Waals surface area contributed by atoms with Gasteiger partial charge in [0, 0.05) is 52.7 Å². The van der Waals surface area contributed by atoms with Gasteiger partial charge in [0.15, 0.2) is 0 Å². The molecule has 0 radical (unpaired) electrons. The normalized spacial score (nSPS) is 23.6. The number of amidine groups is 1. The van der Waals surface area contributed by atoms with Crippen LogP contribution < -0.4 is 15.6 Å². The molecule has 1 aromatic heterocycles. The SMILES string of the molecule is C=C=C(/C=C\C(CC)=NC(=O)C1C(N2CCCC2)=NNC(C)C1C)C(=O)N1CCc2cc(C(O)NC3CC3)sc2-c2ccccc21. The van der Waals surface area contributed by atoms with E-state index in [9.17, 15) is 14.7 Å². The summed E-state index contributed by atoms with van der Waals surface area (Å²) in [6.07, 6.45) is 8.31. The van der Waals surface area contributed by atoms with E-state index in [0.29, 0.717) is 36.7 Å². The molecule has 1 saturated carbocycles. The van der Waals surface area contributed by atoms with E-state index in [2.05, 4.69) is 51.0 Å². The van der Waals surface area contributed by atoms with Crippen LogP contribution in [0.1, 0.15) is 69.5 Å². The molecule has 4 atom stereocenters. The van der Waals surface area contributed by atoms with Crippen LogP contribution in [-0.2, 0) is 16.0 Å². The Morgan fingerprint density at radius 1 is 1.22 bits per heavy atom. The zero-order valence-electron chi connectivity index (χ0n) is 27.0. The fraction of sp³-hybridized carbons (Fsp3) is 0.472. The molecule has 4 unspecified atom stereocenters. The van der Waals surface area contributed by atoms with E-state index in [0.717, 1.165) is 71.2 Å². The number of benzene rings is 1. The molecule has 1 saturated heterocycles. The lowest BCUT2D eigenvalue weighted by atomic mass is 9.85. The number of hydrazone groups is 1. The molecule has 2 amide bonds. The number of amides is 2. The lowest BCUT2D eigenvalue weighted by Gasteiger charge is -2.36. The Bertz CT molecular complexity index is 1630. The number of thiophene rings is 1. The Hall–Kier alpha value is -3.82. The highest BCUT2D eigenvalue weighted by Crippen LogP contribution is 2.43. The van der Waals surface area contributed by atoms with Gasteiger partial charge in [-0.2, -0.15) is 5.10 Å². The first-order valence-corrected chi connectivity index (χ1v) is 17.4. The summed E-state index contributed by atoms with van der Waals surface area (Å²) < 4.78 is 0. The first-order chi connectivity index (χ1) is 22.3. The first kappa shape index (κ1) is 32.1. The third-order valence-corrected chi connectivity index (χ3v) is 10.8. The van der Waals surface area contributed by atoms with Crippen LogP contribution in [0.5, 0.6) is 0 Å². The van der Waals surface area contributed by atoms with Crippen molar-refractivity contribution in [2.75, 3.05) is 24.5 Å². The molecule has 2 aromatic rings. The molecule has 0 bridgehead atoms. The number of aliphatic hydroxyl groups is 1. The molecular formula is C36H44N6O3S. The highest BCUT2D eigenvalue weighted by molar-refractivity contribution is 7.15. The summed E-state index contributed by atoms with van der Waals surface area (Å²) in [5, 5.41) is 18.6. The average Bonchev–Trinajstić information content (AvgIpc) is 3.55. The minimum absolute atomic E-state index is 0.0387. The van der Waals surface area contributed by atoms with Crippen molar-refractivity contribution in [2.24, 2.45) is 21.9 Å². The molecule has 4 aliphatic rings. The summed E-state index contributed by atoms with van der Waals surface area (Å²) >= 11 is 1.58. The van der Waals surface area contributed by atoms with Gasteiger partial charge in [-0.1, -0.05) is 38.6 Å². The van der Waals surface area contributed by atoms with Crippen molar-refractivity contribution in [2.45, 2.75) is 77.6 Å². The number of allylic oxidation sites excluding steroid dienone is 1. The fourth-order valence-corrected chi connectivity index (χ4v) is 7.61. The number of aliphatic imine (C=N–C) groups is 1. The zero-order chi connectivity index (χ0) is 32.4. The van der Waals surface area contributed by atoms with Crippen LogP contribution in [0.3, 0.4) is 0 Å². The van der Waals surface area contributed by atoms with E-state index < -0.39 is 12.1 Å². The minimum Gasteiger partial charge on any atom is -0.373 e. The smallest absolute Gasteiger partial charge is 0.266 e. The Labute approximate surface area is 275 Å². The lowest BCUT2D eigenvalue weighted by Crippen LogP contribution is -2.51. The Balaban J connectivity index is 1.21. The topological polar surface area (TPSA) is 110 Å². The number of rotatable bonds is 8. The number of aliphatic hydroxyl groups excluding tert-OH is 1. The van der Waals surface area contributed by atoms with Gasteiger partial charge in [0.05, 0.1) is 11.3 Å². The summed E-state index contributed by atoms with van der Waals surface area (Å²) in [6, 6.07) is 10.4. The molecule has 3 N–H and O–H groups in total. The summed E-state index contributed by atoms with van der Waals surface area (Å²) in [6.45, 7) is 12.2. The van der Waals surface area contributed by atoms with Crippen molar-refractivity contribution in [3.63, 3.8) is 0 Å². The van der Waals surface area contributed by atoms with Crippen LogP contribution in [0, 0.1) is 11.8 Å². The maximum Gasteiger partial charge on any atom is 0.266 e. The predicted octanol–water partition coefficient (Wildman–Crippen LogP) is 5.35. The number of likely N-dealkylation sites (tertiary alicyclic amines) is 1. The quantitative estimate of drug-likeness (QED) is 0.118. The van der Waals surface area contributed by atoms with Crippen LogP contribution in [0.2, 0.25) is 0 Å². The monoisotopic (exact) mass is 640 g/mol. The second-order valence-electron chi connectivity index (χ2n) is 12.7. The van der Waals surface area contributed by atoms with Crippen LogP contribution in [0.25, 0.3) is 10.4 Å². The number of carbonyl (C=O) groups excluding carboxylic acids is 2. The van der Waals surface area contributed by atoms with E-state index in [1.807, 2.05) is 38.1 Å². The summed E-state index contributed by atoms with van der Waals surface area (Å²) in [5.74, 6) is -0.00562. The number of fused-ring (bicyclic) bond motifs is 3. The minimum atomic E-state index is -0.684. The van der Waals surface area contributed by atoms with E-state index in [-0.39, 0.29) is 23.8 Å². The summed E-state index contributed by atoms with van der Waals surface area (Å²) in [4.78, 5) is 38.2. The van der Waals surface area contributed by atoms with E-state index >= 15 is 0 Å². The molecule has 1 aromatic carbocycles. The van der Waals surface area contributed by atoms with Crippen LogP contribution in [0.15, 0.2) is 70.5 Å². The number of hydrogen-bond donors (Lipinski definition) is 3. The van der Waals surface area contributed by atoms with Crippen molar-refractivity contribution in [3.05, 3.63) is 70.8 Å². The molecular weight excluding hydrogens is 597 g/mol. The molecule has 0 spiro atoms. The van der Waals surface area contributed by atoms with Gasteiger partial charge in [-0.3, -0.25) is 14.9 Å². The Kier molecular flexibility index (Phi) is 9.70. The average molecular weight is 641 g/mol. The van der Waals surface area contributed by atoms with Gasteiger partial charge in [0.25, 0.3) is 11.8 Å². The van der Waals surface area contributed by atoms with Gasteiger partial charge < -0.3 is 20.3 Å². The number of hydrogen-bond acceptors (Lipinski definition) is 8. The predicted molar refractivity (Wildman–Crippen MR) is 185 cm³/mol. The first-order valence-electron chi connectivity index (χ1n) is 16.5. The number of para-hydroxylation sites is 1. The van der Waals surface area contributed by atoms with E-state index in [4.69, 9.17) is 0 Å². The molecule has 1 aliphatic carbocycles. The molecule has 9 nitrogen and oxygen atoms in total. The van der Waals surface area contributed by atoms with Gasteiger partial charge in [-0.25, -0.2) is 4.99 Å². The molecule has 4 heterocycles. The van der Waals surface area contributed by atoms with Crippen molar-refractivity contribution >= 4 is 40.4 Å². The molecule has 242 valence electrons. The maximum absolute atomic E-state index is 14.0. The molecule has 46 heavy (non-hydrogen) atoms. The largest absolute Gasteiger partial charge is 0.373 e. The highest BCUT2D eigenvalue weighted by Gasteiger charge is 2.40. The Morgan fingerprint density at radius 3 is 2.70 bits per heavy atom. The molecule has 3 aliphatic heterocycles. The van der Waals surface area contributed by atoms with E-state index in [1.54, 1.807) is 28.4 Å². The zero-order valence-corrected chi connectivity index (χ0v) is 27.8. The second kappa shape index (κ2) is 13.9. The number of anilines is 1. The van der Waals surface area contributed by atoms with Crippen LogP contribution in [-0.4, -0.2) is 65.1 Å².